The van der Waals surface area contributed by atoms with Gasteiger partial charge in [-0.15, -0.1) is 0 Å². The summed E-state index contributed by atoms with van der Waals surface area (Å²) in [5.41, 5.74) is 1.18. The summed E-state index contributed by atoms with van der Waals surface area (Å²) in [7, 11) is 1.90. The highest BCUT2D eigenvalue weighted by Gasteiger charge is 2.23. The number of anilines is 2. The van der Waals surface area contributed by atoms with Crippen LogP contribution >= 0.6 is 0 Å². The molecule has 0 spiro atoms. The van der Waals surface area contributed by atoms with Crippen molar-refractivity contribution in [3.8, 4) is 0 Å². The average Bonchev–Trinajstić information content (AvgIpc) is 2.38. The summed E-state index contributed by atoms with van der Waals surface area (Å²) in [4.78, 5) is 11.0. The zero-order valence-corrected chi connectivity index (χ0v) is 10.7. The van der Waals surface area contributed by atoms with Gasteiger partial charge in [0.05, 0.1) is 19.3 Å². The molecule has 0 aromatic carbocycles. The van der Waals surface area contributed by atoms with Gasteiger partial charge in [-0.1, -0.05) is 6.92 Å². The average molecular weight is 236 g/mol. The first kappa shape index (κ1) is 12.1. The first-order valence-electron chi connectivity index (χ1n) is 6.14. The van der Waals surface area contributed by atoms with Crippen molar-refractivity contribution in [3.05, 3.63) is 11.9 Å². The Kier molecular flexibility index (Phi) is 3.78. The molecule has 1 saturated heterocycles. The normalized spacial score (nSPS) is 20.4. The highest BCUT2D eigenvalue weighted by Crippen LogP contribution is 2.26. The Bertz CT molecular complexity index is 383. The molecule has 1 aliphatic heterocycles. The van der Waals surface area contributed by atoms with Crippen molar-refractivity contribution in [2.75, 3.05) is 37.0 Å². The summed E-state index contributed by atoms with van der Waals surface area (Å²) in [6.07, 6.45) is 2.55. The highest BCUT2D eigenvalue weighted by molar-refractivity contribution is 5.59. The number of hydrogen-bond donors (Lipinski definition) is 1. The number of nitrogens with zero attached hydrogens (tertiary/aromatic N) is 3. The quantitative estimate of drug-likeness (QED) is 0.857. The smallest absolute Gasteiger partial charge is 0.137 e. The van der Waals surface area contributed by atoms with Crippen molar-refractivity contribution < 1.29 is 4.74 Å². The maximum absolute atomic E-state index is 5.46. The van der Waals surface area contributed by atoms with Crippen molar-refractivity contribution in [1.29, 1.82) is 0 Å². The van der Waals surface area contributed by atoms with Crippen LogP contribution in [-0.2, 0) is 11.2 Å². The molecular formula is C12H20N4O. The number of rotatable bonds is 3. The lowest BCUT2D eigenvalue weighted by Gasteiger charge is -2.35. The molecule has 5 heteroatoms. The molecule has 1 aromatic rings. The first-order valence-corrected chi connectivity index (χ1v) is 6.14. The van der Waals surface area contributed by atoms with Crippen molar-refractivity contribution >= 4 is 11.6 Å². The zero-order valence-electron chi connectivity index (χ0n) is 10.7. The molecular weight excluding hydrogens is 216 g/mol. The van der Waals surface area contributed by atoms with E-state index in [1.807, 2.05) is 7.05 Å². The minimum Gasteiger partial charge on any atom is -0.377 e. The molecule has 1 unspecified atom stereocenters. The molecule has 5 nitrogen and oxygen atoms in total. The molecule has 0 radical (unpaired) electrons. The summed E-state index contributed by atoms with van der Waals surface area (Å²) >= 11 is 0. The van der Waals surface area contributed by atoms with Crippen molar-refractivity contribution in [3.63, 3.8) is 0 Å². The fourth-order valence-corrected chi connectivity index (χ4v) is 2.23. The van der Waals surface area contributed by atoms with Gasteiger partial charge in [-0.3, -0.25) is 0 Å². The topological polar surface area (TPSA) is 50.3 Å². The monoisotopic (exact) mass is 236 g/mol. The summed E-state index contributed by atoms with van der Waals surface area (Å²) < 4.78 is 5.46. The van der Waals surface area contributed by atoms with Gasteiger partial charge in [0.1, 0.15) is 18.0 Å². The largest absolute Gasteiger partial charge is 0.377 e. The van der Waals surface area contributed by atoms with Crippen LogP contribution in [0.15, 0.2) is 6.33 Å². The summed E-state index contributed by atoms with van der Waals surface area (Å²) in [6.45, 7) is 6.73. The molecule has 0 amide bonds. The molecule has 94 valence electrons. The van der Waals surface area contributed by atoms with Gasteiger partial charge < -0.3 is 15.0 Å². The van der Waals surface area contributed by atoms with Crippen LogP contribution in [0, 0.1) is 0 Å². The summed E-state index contributed by atoms with van der Waals surface area (Å²) in [5.74, 6) is 1.97. The zero-order chi connectivity index (χ0) is 12.3. The van der Waals surface area contributed by atoms with Crippen LogP contribution < -0.4 is 10.2 Å². The number of hydrogen-bond acceptors (Lipinski definition) is 5. The van der Waals surface area contributed by atoms with Gasteiger partial charge in [-0.05, 0) is 13.3 Å². The molecule has 1 N–H and O–H groups in total. The maximum Gasteiger partial charge on any atom is 0.137 e. The second-order valence-corrected chi connectivity index (χ2v) is 4.25. The van der Waals surface area contributed by atoms with E-state index in [2.05, 4.69) is 34.0 Å². The van der Waals surface area contributed by atoms with Gasteiger partial charge in [-0.25, -0.2) is 9.97 Å². The van der Waals surface area contributed by atoms with Gasteiger partial charge in [-0.2, -0.15) is 0 Å². The molecule has 0 saturated carbocycles. The molecule has 17 heavy (non-hydrogen) atoms. The Morgan fingerprint density at radius 1 is 1.53 bits per heavy atom. The molecule has 1 fully saturated rings. The van der Waals surface area contributed by atoms with Crippen LogP contribution in [0.1, 0.15) is 19.4 Å². The molecule has 1 aliphatic rings. The predicted molar refractivity (Wildman–Crippen MR) is 68.6 cm³/mol. The molecule has 1 atom stereocenters. The van der Waals surface area contributed by atoms with E-state index in [4.69, 9.17) is 4.74 Å². The van der Waals surface area contributed by atoms with Gasteiger partial charge in [0.25, 0.3) is 0 Å². The minimum atomic E-state index is 0.369. The number of nitrogens with one attached hydrogen (secondary N) is 1. The van der Waals surface area contributed by atoms with E-state index >= 15 is 0 Å². The van der Waals surface area contributed by atoms with Crippen LogP contribution in [0.3, 0.4) is 0 Å². The van der Waals surface area contributed by atoms with E-state index in [0.29, 0.717) is 6.04 Å². The summed E-state index contributed by atoms with van der Waals surface area (Å²) in [5, 5.41) is 3.13. The van der Waals surface area contributed by atoms with Crippen molar-refractivity contribution in [2.24, 2.45) is 0 Å². The number of ether oxygens (including phenoxy) is 1. The molecule has 0 aliphatic carbocycles. The third-order valence-corrected chi connectivity index (χ3v) is 3.15. The molecule has 1 aromatic heterocycles. The van der Waals surface area contributed by atoms with Crippen LogP contribution in [0.5, 0.6) is 0 Å². The van der Waals surface area contributed by atoms with Crippen molar-refractivity contribution in [1.82, 2.24) is 9.97 Å². The Balaban J connectivity index is 2.36. The van der Waals surface area contributed by atoms with Crippen LogP contribution in [-0.4, -0.2) is 42.8 Å². The van der Waals surface area contributed by atoms with E-state index in [9.17, 15) is 0 Å². The van der Waals surface area contributed by atoms with E-state index in [-0.39, 0.29) is 0 Å². The third kappa shape index (κ3) is 2.34. The van der Waals surface area contributed by atoms with Gasteiger partial charge in [0, 0.05) is 19.2 Å². The van der Waals surface area contributed by atoms with Crippen molar-refractivity contribution in [2.45, 2.75) is 26.3 Å². The molecule has 0 bridgehead atoms. The van der Waals surface area contributed by atoms with E-state index < -0.39 is 0 Å². The van der Waals surface area contributed by atoms with Gasteiger partial charge in [0.2, 0.25) is 0 Å². The number of morpholine rings is 1. The van der Waals surface area contributed by atoms with Gasteiger partial charge >= 0.3 is 0 Å². The second kappa shape index (κ2) is 5.31. The Morgan fingerprint density at radius 3 is 3.00 bits per heavy atom. The van der Waals surface area contributed by atoms with Crippen LogP contribution in [0.4, 0.5) is 11.6 Å². The fraction of sp³-hybridized carbons (Fsp3) is 0.667. The molecule has 2 heterocycles. The Morgan fingerprint density at radius 2 is 2.35 bits per heavy atom. The SMILES string of the molecule is CCc1c(NC)ncnc1N1CCOCC1C. The van der Waals surface area contributed by atoms with E-state index in [0.717, 1.165) is 37.8 Å². The lowest BCUT2D eigenvalue weighted by molar-refractivity contribution is 0.0984. The summed E-state index contributed by atoms with van der Waals surface area (Å²) in [6, 6.07) is 0.369. The Labute approximate surface area is 102 Å². The lowest BCUT2D eigenvalue weighted by Crippen LogP contribution is -2.44. The minimum absolute atomic E-state index is 0.369. The maximum atomic E-state index is 5.46. The first-order chi connectivity index (χ1) is 8.27. The Hall–Kier alpha value is -1.36. The standard InChI is InChI=1S/C12H20N4O/c1-4-10-11(13-3)14-8-15-12(10)16-5-6-17-7-9(16)2/h8-9H,4-7H2,1-3H3,(H,13,14,15). The predicted octanol–water partition coefficient (Wildman–Crippen LogP) is 1.31. The second-order valence-electron chi connectivity index (χ2n) is 4.25. The van der Waals surface area contributed by atoms with E-state index in [1.165, 1.54) is 5.56 Å². The van der Waals surface area contributed by atoms with Crippen LogP contribution in [0.2, 0.25) is 0 Å². The fourth-order valence-electron chi connectivity index (χ4n) is 2.23. The van der Waals surface area contributed by atoms with E-state index in [1.54, 1.807) is 6.33 Å². The van der Waals surface area contributed by atoms with Gasteiger partial charge in [0.15, 0.2) is 0 Å². The molecule has 2 rings (SSSR count). The lowest BCUT2D eigenvalue weighted by atomic mass is 10.1. The third-order valence-electron chi connectivity index (χ3n) is 3.15. The number of aromatic nitrogens is 2. The van der Waals surface area contributed by atoms with Crippen LogP contribution in [0.25, 0.3) is 0 Å². The highest BCUT2D eigenvalue weighted by atomic mass is 16.5.